The second kappa shape index (κ2) is 5.09. The zero-order valence-electron chi connectivity index (χ0n) is 10.4. The van der Waals surface area contributed by atoms with Crippen LogP contribution in [0.4, 0.5) is 13.2 Å². The maximum Gasteiger partial charge on any atom is 0.401 e. The lowest BCUT2D eigenvalue weighted by Crippen LogP contribution is -2.30. The second-order valence-electron chi connectivity index (χ2n) is 4.57. The minimum atomic E-state index is -4.24. The summed E-state index contributed by atoms with van der Waals surface area (Å²) in [6.07, 6.45) is -4.24. The Kier molecular flexibility index (Phi) is 3.66. The highest BCUT2D eigenvalue weighted by molar-refractivity contribution is 5.87. The number of aromatic hydroxyl groups is 1. The van der Waals surface area contributed by atoms with Gasteiger partial charge in [0.1, 0.15) is 5.75 Å². The molecule has 19 heavy (non-hydrogen) atoms. The molecule has 0 unspecified atom stereocenters. The van der Waals surface area contributed by atoms with Gasteiger partial charge in [-0.2, -0.15) is 13.2 Å². The second-order valence-corrected chi connectivity index (χ2v) is 4.57. The molecule has 0 saturated carbocycles. The fourth-order valence-electron chi connectivity index (χ4n) is 2.12. The van der Waals surface area contributed by atoms with E-state index in [4.69, 9.17) is 0 Å². The van der Waals surface area contributed by atoms with Crippen LogP contribution in [0, 0.1) is 0 Å². The lowest BCUT2D eigenvalue weighted by atomic mass is 10.0. The fourth-order valence-corrected chi connectivity index (χ4v) is 2.12. The summed E-state index contributed by atoms with van der Waals surface area (Å²) in [5, 5.41) is 11.5. The summed E-state index contributed by atoms with van der Waals surface area (Å²) < 4.78 is 37.0. The van der Waals surface area contributed by atoms with Gasteiger partial charge in [-0.1, -0.05) is 30.3 Å². The van der Waals surface area contributed by atoms with Crippen molar-refractivity contribution in [2.24, 2.45) is 0 Å². The fraction of sp³-hybridized carbons (Fsp3) is 0.286. The Balaban J connectivity index is 2.32. The predicted molar refractivity (Wildman–Crippen MR) is 68.0 cm³/mol. The van der Waals surface area contributed by atoms with E-state index in [-0.39, 0.29) is 12.3 Å². The Morgan fingerprint density at radius 3 is 2.47 bits per heavy atom. The molecule has 1 N–H and O–H groups in total. The molecule has 0 amide bonds. The van der Waals surface area contributed by atoms with Crippen LogP contribution in [0.15, 0.2) is 36.4 Å². The molecule has 0 aliphatic carbocycles. The predicted octanol–water partition coefficient (Wildman–Crippen LogP) is 3.54. The van der Waals surface area contributed by atoms with E-state index in [1.54, 1.807) is 18.2 Å². The van der Waals surface area contributed by atoms with Gasteiger partial charge in [-0.05, 0) is 23.9 Å². The highest BCUT2D eigenvalue weighted by Gasteiger charge is 2.29. The third-order valence-electron chi connectivity index (χ3n) is 2.89. The Bertz CT molecular complexity index is 580. The summed E-state index contributed by atoms with van der Waals surface area (Å²) >= 11 is 0. The number of fused-ring (bicyclic) bond motifs is 1. The third-order valence-corrected chi connectivity index (χ3v) is 2.89. The van der Waals surface area contributed by atoms with E-state index in [9.17, 15) is 18.3 Å². The molecule has 0 bridgehead atoms. The molecular formula is C14H14F3NO. The number of alkyl halides is 3. The summed E-state index contributed by atoms with van der Waals surface area (Å²) in [5.74, 6) is 0.0210. The molecular weight excluding hydrogens is 255 g/mol. The van der Waals surface area contributed by atoms with Crippen LogP contribution < -0.4 is 0 Å². The third kappa shape index (κ3) is 3.38. The van der Waals surface area contributed by atoms with Crippen molar-refractivity contribution in [3.05, 3.63) is 42.0 Å². The lowest BCUT2D eigenvalue weighted by molar-refractivity contribution is -0.144. The number of halogens is 3. The first-order valence-electron chi connectivity index (χ1n) is 5.82. The first-order chi connectivity index (χ1) is 8.87. The zero-order chi connectivity index (χ0) is 14.0. The van der Waals surface area contributed by atoms with Crippen molar-refractivity contribution < 1.29 is 18.3 Å². The lowest BCUT2D eigenvalue weighted by Gasteiger charge is -2.20. The minimum absolute atomic E-state index is 0.0210. The largest absolute Gasteiger partial charge is 0.508 e. The van der Waals surface area contributed by atoms with Gasteiger partial charge >= 0.3 is 6.18 Å². The summed E-state index contributed by atoms with van der Waals surface area (Å²) in [5.41, 5.74) is 0.518. The Hall–Kier alpha value is -1.75. The summed E-state index contributed by atoms with van der Waals surface area (Å²) in [6, 6.07) is 10.6. The van der Waals surface area contributed by atoms with E-state index in [1.807, 2.05) is 12.1 Å². The highest BCUT2D eigenvalue weighted by atomic mass is 19.4. The van der Waals surface area contributed by atoms with Crippen molar-refractivity contribution in [3.8, 4) is 5.75 Å². The van der Waals surface area contributed by atoms with Gasteiger partial charge in [0.2, 0.25) is 0 Å². The van der Waals surface area contributed by atoms with Gasteiger partial charge in [0.25, 0.3) is 0 Å². The topological polar surface area (TPSA) is 23.5 Å². The van der Waals surface area contributed by atoms with Gasteiger partial charge in [-0.3, -0.25) is 4.90 Å². The molecule has 2 nitrogen and oxygen atoms in total. The van der Waals surface area contributed by atoms with Gasteiger partial charge in [0, 0.05) is 12.1 Å². The number of hydrogen-bond acceptors (Lipinski definition) is 2. The average Bonchev–Trinajstić information content (AvgIpc) is 2.31. The Labute approximate surface area is 109 Å². The molecule has 0 radical (unpaired) electrons. The maximum absolute atomic E-state index is 12.3. The molecule has 2 rings (SSSR count). The number of hydrogen-bond donors (Lipinski definition) is 1. The van der Waals surface area contributed by atoms with Crippen molar-refractivity contribution in [2.45, 2.75) is 12.7 Å². The van der Waals surface area contributed by atoms with Gasteiger partial charge in [0.15, 0.2) is 0 Å². The molecule has 0 aliphatic heterocycles. The van der Waals surface area contributed by atoms with Crippen molar-refractivity contribution in [1.29, 1.82) is 0 Å². The number of rotatable bonds is 3. The first-order valence-corrected chi connectivity index (χ1v) is 5.82. The van der Waals surface area contributed by atoms with E-state index >= 15 is 0 Å². The van der Waals surface area contributed by atoms with Crippen LogP contribution in [0.25, 0.3) is 10.8 Å². The average molecular weight is 269 g/mol. The van der Waals surface area contributed by atoms with Gasteiger partial charge in [0.05, 0.1) is 6.54 Å². The molecule has 0 spiro atoms. The van der Waals surface area contributed by atoms with Gasteiger partial charge < -0.3 is 5.11 Å². The quantitative estimate of drug-likeness (QED) is 0.921. The maximum atomic E-state index is 12.3. The molecule has 2 aromatic rings. The molecule has 0 aromatic heterocycles. The molecule has 0 aliphatic rings. The van der Waals surface area contributed by atoms with Crippen LogP contribution in [0.2, 0.25) is 0 Å². The summed E-state index contributed by atoms with van der Waals surface area (Å²) in [7, 11) is 1.38. The van der Waals surface area contributed by atoms with Crippen molar-refractivity contribution in [3.63, 3.8) is 0 Å². The first kappa shape index (κ1) is 13.7. The van der Waals surface area contributed by atoms with Gasteiger partial charge in [-0.25, -0.2) is 0 Å². The molecule has 5 heteroatoms. The van der Waals surface area contributed by atoms with Crippen LogP contribution in [-0.4, -0.2) is 29.8 Å². The van der Waals surface area contributed by atoms with Crippen LogP contribution >= 0.6 is 0 Å². The molecule has 0 heterocycles. The van der Waals surface area contributed by atoms with Crippen LogP contribution in [0.3, 0.4) is 0 Å². The molecule has 2 aromatic carbocycles. The number of nitrogens with zero attached hydrogens (tertiary/aromatic N) is 1. The monoisotopic (exact) mass is 269 g/mol. The van der Waals surface area contributed by atoms with Crippen LogP contribution in [0.5, 0.6) is 5.75 Å². The van der Waals surface area contributed by atoms with E-state index < -0.39 is 12.7 Å². The van der Waals surface area contributed by atoms with E-state index in [0.717, 1.165) is 15.7 Å². The highest BCUT2D eigenvalue weighted by Crippen LogP contribution is 2.28. The van der Waals surface area contributed by atoms with Gasteiger partial charge in [-0.15, -0.1) is 0 Å². The van der Waals surface area contributed by atoms with Crippen LogP contribution in [-0.2, 0) is 6.54 Å². The number of phenolic OH excluding ortho intramolecular Hbond substituents is 1. The number of benzene rings is 2. The SMILES string of the molecule is CN(Cc1c(O)ccc2ccccc12)CC(F)(F)F. The Morgan fingerprint density at radius 2 is 1.79 bits per heavy atom. The smallest absolute Gasteiger partial charge is 0.401 e. The zero-order valence-corrected chi connectivity index (χ0v) is 10.4. The number of phenols is 1. The van der Waals surface area contributed by atoms with Crippen molar-refractivity contribution in [2.75, 3.05) is 13.6 Å². The van der Waals surface area contributed by atoms with E-state index in [1.165, 1.54) is 13.1 Å². The molecule has 102 valence electrons. The Morgan fingerprint density at radius 1 is 1.11 bits per heavy atom. The molecule has 0 fully saturated rings. The summed E-state index contributed by atoms with van der Waals surface area (Å²) in [4.78, 5) is 1.14. The summed E-state index contributed by atoms with van der Waals surface area (Å²) in [6.45, 7) is -0.956. The normalized spacial score (nSPS) is 12.3. The molecule has 0 saturated heterocycles. The molecule has 0 atom stereocenters. The van der Waals surface area contributed by atoms with E-state index in [2.05, 4.69) is 0 Å². The van der Waals surface area contributed by atoms with E-state index in [0.29, 0.717) is 5.56 Å². The van der Waals surface area contributed by atoms with Crippen molar-refractivity contribution in [1.82, 2.24) is 4.90 Å². The minimum Gasteiger partial charge on any atom is -0.508 e. The van der Waals surface area contributed by atoms with Crippen LogP contribution in [0.1, 0.15) is 5.56 Å². The standard InChI is InChI=1S/C14H14F3NO/c1-18(9-14(15,16)17)8-12-11-5-3-2-4-10(11)6-7-13(12)19/h2-7,19H,8-9H2,1H3. The van der Waals surface area contributed by atoms with Crippen molar-refractivity contribution >= 4 is 10.8 Å².